The highest BCUT2D eigenvalue weighted by atomic mass is 79.9. The first kappa shape index (κ1) is 9.56. The van der Waals surface area contributed by atoms with Crippen molar-refractivity contribution in [1.82, 2.24) is 0 Å². The Balaban J connectivity index is 2.85. The van der Waals surface area contributed by atoms with Gasteiger partial charge >= 0.3 is 0 Å². The summed E-state index contributed by atoms with van der Waals surface area (Å²) in [6.07, 6.45) is 1.02. The van der Waals surface area contributed by atoms with Crippen LogP contribution in [0.2, 0.25) is 0 Å². The van der Waals surface area contributed by atoms with E-state index >= 15 is 0 Å². The van der Waals surface area contributed by atoms with Gasteiger partial charge in [-0.05, 0) is 34.9 Å². The molecular formula is C10H9BrS2. The van der Waals surface area contributed by atoms with E-state index in [4.69, 9.17) is 0 Å². The molecule has 1 aromatic carbocycles. The summed E-state index contributed by atoms with van der Waals surface area (Å²) >= 11 is 9.88. The van der Waals surface area contributed by atoms with Crippen LogP contribution in [0.4, 0.5) is 0 Å². The van der Waals surface area contributed by atoms with Crippen LogP contribution in [0.3, 0.4) is 0 Å². The molecule has 0 bridgehead atoms. The average Bonchev–Trinajstić information content (AvgIpc) is 2.53. The molecule has 0 nitrogen and oxygen atoms in total. The van der Waals surface area contributed by atoms with Crippen LogP contribution >= 0.6 is 39.9 Å². The van der Waals surface area contributed by atoms with Gasteiger partial charge < -0.3 is 0 Å². The molecule has 3 heteroatoms. The Morgan fingerprint density at radius 1 is 1.54 bits per heavy atom. The summed E-state index contributed by atoms with van der Waals surface area (Å²) in [5.41, 5.74) is 1.30. The van der Waals surface area contributed by atoms with Crippen LogP contribution in [0, 0.1) is 0 Å². The van der Waals surface area contributed by atoms with Gasteiger partial charge in [0.1, 0.15) is 0 Å². The van der Waals surface area contributed by atoms with Crippen molar-refractivity contribution in [3.05, 3.63) is 27.5 Å². The third-order valence-electron chi connectivity index (χ3n) is 2.12. The normalized spacial score (nSPS) is 11.0. The van der Waals surface area contributed by atoms with Crippen molar-refractivity contribution in [2.45, 2.75) is 18.2 Å². The Morgan fingerprint density at radius 3 is 3.00 bits per heavy atom. The SMILES string of the molecule is CCc1c(Br)cc2ccsc2c1S. The van der Waals surface area contributed by atoms with Crippen LogP contribution in [-0.4, -0.2) is 0 Å². The molecule has 0 saturated carbocycles. The Morgan fingerprint density at radius 2 is 2.31 bits per heavy atom. The van der Waals surface area contributed by atoms with Gasteiger partial charge in [0.15, 0.2) is 0 Å². The zero-order valence-electron chi connectivity index (χ0n) is 7.17. The fourth-order valence-electron chi connectivity index (χ4n) is 1.44. The maximum Gasteiger partial charge on any atom is 0.0479 e. The van der Waals surface area contributed by atoms with Crippen LogP contribution in [0.1, 0.15) is 12.5 Å². The smallest absolute Gasteiger partial charge is 0.0479 e. The topological polar surface area (TPSA) is 0 Å². The van der Waals surface area contributed by atoms with Crippen molar-refractivity contribution < 1.29 is 0 Å². The number of rotatable bonds is 1. The van der Waals surface area contributed by atoms with Gasteiger partial charge in [0.05, 0.1) is 0 Å². The minimum absolute atomic E-state index is 1.02. The number of thiophene rings is 1. The first-order valence-corrected chi connectivity index (χ1v) is 6.23. The van der Waals surface area contributed by atoms with Crippen LogP contribution in [-0.2, 0) is 6.42 Å². The van der Waals surface area contributed by atoms with Gasteiger partial charge in [0.25, 0.3) is 0 Å². The maximum atomic E-state index is 4.56. The second-order valence-corrected chi connectivity index (χ2v) is 5.10. The third kappa shape index (κ3) is 1.53. The van der Waals surface area contributed by atoms with Crippen LogP contribution in [0.25, 0.3) is 10.1 Å². The van der Waals surface area contributed by atoms with Crippen molar-refractivity contribution in [1.29, 1.82) is 0 Å². The Kier molecular flexibility index (Phi) is 2.67. The molecule has 0 aliphatic rings. The molecule has 68 valence electrons. The minimum Gasteiger partial charge on any atom is -0.143 e. The molecule has 0 saturated heterocycles. The lowest BCUT2D eigenvalue weighted by Crippen LogP contribution is -1.85. The number of hydrogen-bond donors (Lipinski definition) is 1. The van der Waals surface area contributed by atoms with Gasteiger partial charge in [-0.2, -0.15) is 0 Å². The quantitative estimate of drug-likeness (QED) is 0.726. The molecule has 0 spiro atoms. The Labute approximate surface area is 95.5 Å². The molecule has 0 atom stereocenters. The molecule has 0 aliphatic carbocycles. The highest BCUT2D eigenvalue weighted by Crippen LogP contribution is 2.35. The molecule has 0 unspecified atom stereocenters. The summed E-state index contributed by atoms with van der Waals surface area (Å²) in [7, 11) is 0. The molecule has 13 heavy (non-hydrogen) atoms. The van der Waals surface area contributed by atoms with Gasteiger partial charge in [-0.15, -0.1) is 24.0 Å². The first-order valence-electron chi connectivity index (χ1n) is 4.11. The summed E-state index contributed by atoms with van der Waals surface area (Å²) in [5.74, 6) is 0. The van der Waals surface area contributed by atoms with E-state index in [9.17, 15) is 0 Å². The summed E-state index contributed by atoms with van der Waals surface area (Å²) < 4.78 is 2.47. The molecule has 1 heterocycles. The summed E-state index contributed by atoms with van der Waals surface area (Å²) in [6.45, 7) is 2.15. The van der Waals surface area contributed by atoms with E-state index < -0.39 is 0 Å². The van der Waals surface area contributed by atoms with Gasteiger partial charge in [-0.1, -0.05) is 22.9 Å². The average molecular weight is 273 g/mol. The lowest BCUT2D eigenvalue weighted by atomic mass is 10.1. The van der Waals surface area contributed by atoms with E-state index in [0.717, 1.165) is 11.3 Å². The van der Waals surface area contributed by atoms with Crippen molar-refractivity contribution >= 4 is 50.0 Å². The van der Waals surface area contributed by atoms with E-state index in [0.29, 0.717) is 0 Å². The molecule has 2 rings (SSSR count). The van der Waals surface area contributed by atoms with Crippen LogP contribution in [0.15, 0.2) is 26.9 Å². The minimum atomic E-state index is 1.02. The van der Waals surface area contributed by atoms with Crippen molar-refractivity contribution in [3.63, 3.8) is 0 Å². The number of thiol groups is 1. The monoisotopic (exact) mass is 272 g/mol. The van der Waals surface area contributed by atoms with E-state index in [2.05, 4.69) is 53.0 Å². The predicted molar refractivity (Wildman–Crippen MR) is 66.2 cm³/mol. The third-order valence-corrected chi connectivity index (χ3v) is 4.42. The summed E-state index contributed by atoms with van der Waals surface area (Å²) in [5, 5.41) is 3.38. The molecule has 1 aromatic heterocycles. The van der Waals surface area contributed by atoms with E-state index in [1.807, 2.05) is 0 Å². The van der Waals surface area contributed by atoms with Gasteiger partial charge in [0, 0.05) is 14.1 Å². The molecule has 0 N–H and O–H groups in total. The molecular weight excluding hydrogens is 264 g/mol. The molecule has 2 aromatic rings. The number of benzene rings is 1. The van der Waals surface area contributed by atoms with Gasteiger partial charge in [-0.25, -0.2) is 0 Å². The first-order chi connectivity index (χ1) is 6.24. The fourth-order valence-corrected chi connectivity index (χ4v) is 3.73. The van der Waals surface area contributed by atoms with Crippen molar-refractivity contribution in [2.75, 3.05) is 0 Å². The van der Waals surface area contributed by atoms with Crippen LogP contribution in [0.5, 0.6) is 0 Å². The second kappa shape index (κ2) is 3.64. The van der Waals surface area contributed by atoms with E-state index in [1.54, 1.807) is 11.3 Å². The summed E-state index contributed by atoms with van der Waals surface area (Å²) in [6, 6.07) is 4.30. The highest BCUT2D eigenvalue weighted by molar-refractivity contribution is 9.10. The standard InChI is InChI=1S/C10H9BrS2/c1-2-7-8(11)5-6-3-4-13-10(6)9(7)12/h3-5,12H,2H2,1H3. The fraction of sp³-hybridized carbons (Fsp3) is 0.200. The summed E-state index contributed by atoms with van der Waals surface area (Å²) in [4.78, 5) is 1.13. The molecule has 0 aliphatic heterocycles. The largest absolute Gasteiger partial charge is 0.143 e. The Hall–Kier alpha value is 0.01000. The molecule has 0 amide bonds. The van der Waals surface area contributed by atoms with Crippen molar-refractivity contribution in [2.24, 2.45) is 0 Å². The van der Waals surface area contributed by atoms with Gasteiger partial charge in [0.2, 0.25) is 0 Å². The van der Waals surface area contributed by atoms with E-state index in [-0.39, 0.29) is 0 Å². The molecule has 0 fully saturated rings. The second-order valence-electron chi connectivity index (χ2n) is 2.88. The van der Waals surface area contributed by atoms with Gasteiger partial charge in [-0.3, -0.25) is 0 Å². The zero-order valence-corrected chi connectivity index (χ0v) is 10.5. The zero-order chi connectivity index (χ0) is 9.42. The lowest BCUT2D eigenvalue weighted by molar-refractivity contribution is 1.09. The number of hydrogen-bond acceptors (Lipinski definition) is 2. The number of fused-ring (bicyclic) bond motifs is 1. The Bertz CT molecular complexity index is 445. The highest BCUT2D eigenvalue weighted by Gasteiger charge is 2.08. The van der Waals surface area contributed by atoms with Crippen molar-refractivity contribution in [3.8, 4) is 0 Å². The molecule has 0 radical (unpaired) electrons. The number of halogens is 1. The van der Waals surface area contributed by atoms with Crippen LogP contribution < -0.4 is 0 Å². The maximum absolute atomic E-state index is 4.56. The lowest BCUT2D eigenvalue weighted by Gasteiger charge is -2.06. The predicted octanol–water partition coefficient (Wildman–Crippen LogP) is 4.51. The van der Waals surface area contributed by atoms with E-state index in [1.165, 1.54) is 20.1 Å².